The maximum atomic E-state index is 11.6. The van der Waals surface area contributed by atoms with Crippen molar-refractivity contribution in [2.24, 2.45) is 0 Å². The molecule has 0 rings (SSSR count). The minimum Gasteiger partial charge on any atom is -0.747 e. The van der Waals surface area contributed by atoms with Crippen LogP contribution in [0.1, 0.15) is 77.6 Å². The van der Waals surface area contributed by atoms with E-state index < -0.39 is 33.7 Å². The molecule has 0 fully saturated rings. The molecule has 0 saturated carbocycles. The van der Waals surface area contributed by atoms with E-state index in [4.69, 9.17) is 85.3 Å². The second-order valence-corrected chi connectivity index (χ2v) is 18.5. The average molecular weight is 1200 g/mol. The van der Waals surface area contributed by atoms with Crippen LogP contribution in [0.5, 0.6) is 0 Å². The van der Waals surface area contributed by atoms with Crippen molar-refractivity contribution in [1.29, 1.82) is 0 Å². The van der Waals surface area contributed by atoms with Gasteiger partial charge >= 0.3 is 65.1 Å². The minimum atomic E-state index is -5.20. The summed E-state index contributed by atoms with van der Waals surface area (Å²) >= 11 is 0. The van der Waals surface area contributed by atoms with Crippen molar-refractivity contribution in [3.05, 3.63) is 0 Å². The van der Waals surface area contributed by atoms with Gasteiger partial charge in [-0.05, 0) is 6.42 Å². The van der Waals surface area contributed by atoms with Gasteiger partial charge in [0.2, 0.25) is 0 Å². The number of hydrogen-bond donors (Lipinski definition) is 0. The van der Waals surface area contributed by atoms with Crippen LogP contribution in [0.4, 0.5) is 0 Å². The molecule has 466 valence electrons. The van der Waals surface area contributed by atoms with Crippen LogP contribution in [0, 0.1) is 0 Å². The van der Waals surface area contributed by atoms with Crippen LogP contribution in [-0.2, 0) is 110 Å². The van der Waals surface area contributed by atoms with E-state index in [1.165, 1.54) is 57.8 Å². The first-order valence-electron chi connectivity index (χ1n) is 28.0. The molecule has 0 aromatic carbocycles. The number of ether oxygens (including phenoxy) is 19. The molecule has 25 nitrogen and oxygen atoms in total. The van der Waals surface area contributed by atoms with Gasteiger partial charge in [-0.15, -0.1) is 0 Å². The van der Waals surface area contributed by atoms with Crippen LogP contribution in [-0.4, -0.2) is 275 Å². The summed E-state index contributed by atoms with van der Waals surface area (Å²) in [6.45, 7) is 18.0. The molecule has 0 aliphatic rings. The van der Waals surface area contributed by atoms with Gasteiger partial charge in [-0.25, -0.2) is 8.42 Å². The Bertz CT molecular complexity index is 1340. The topological polar surface area (TPSA) is 290 Å². The Morgan fingerprint density at radius 2 is 0.475 bits per heavy atom. The molecule has 0 aliphatic heterocycles. The molecule has 0 radical (unpaired) electrons. The quantitative estimate of drug-likeness (QED) is 0.0242. The normalized spacial score (nSPS) is 11.9. The van der Waals surface area contributed by atoms with Gasteiger partial charge in [-0.2, -0.15) is 0 Å². The number of unbranched alkanes of at least 4 members (excludes halogenated alkanes) is 9. The van der Waals surface area contributed by atoms with Crippen LogP contribution < -0.4 is 64.2 Å². The zero-order chi connectivity index (χ0) is 56.6. The molecule has 0 aliphatic carbocycles. The Hall–Kier alpha value is 0.130. The standard InChI is InChI=1S/C52H102O25S.2Na/c1-2-3-4-5-6-7-8-9-10-11-12-59-13-14-60-15-16-61-17-18-62-19-20-63-21-22-64-23-24-65-25-26-66-27-28-67-29-30-68-31-32-69-33-34-70-35-36-71-37-38-72-39-40-73-41-42-74-43-44-75-45-46-76-47-48-77-52(55)50(49-51(53)54)78(56,57)58;;/h50H,2-49H2,1H3,(H,53,54)(H,56,57,58);;/q;2*+1/p-2. The van der Waals surface area contributed by atoms with Crippen LogP contribution in [0.25, 0.3) is 0 Å². The Balaban J connectivity index is -0.0000296. The zero-order valence-electron chi connectivity index (χ0n) is 49.1. The van der Waals surface area contributed by atoms with Gasteiger partial charge in [-0.1, -0.05) is 64.7 Å². The predicted molar refractivity (Wildman–Crippen MR) is 281 cm³/mol. The first-order valence-corrected chi connectivity index (χ1v) is 29.5. The summed E-state index contributed by atoms with van der Waals surface area (Å²) in [6.07, 6.45) is 12.0. The Labute approximate surface area is 522 Å². The molecule has 0 saturated heterocycles. The second-order valence-electron chi connectivity index (χ2n) is 16.9. The fourth-order valence-corrected chi connectivity index (χ4v) is 6.92. The summed E-state index contributed by atoms with van der Waals surface area (Å²) in [6, 6.07) is 0. The van der Waals surface area contributed by atoms with E-state index in [0.717, 1.165) is 13.0 Å². The smallest absolute Gasteiger partial charge is 0.747 e. The zero-order valence-corrected chi connectivity index (χ0v) is 53.9. The number of aliphatic carboxylic acids is 1. The van der Waals surface area contributed by atoms with Gasteiger partial charge in [0.1, 0.15) is 16.7 Å². The van der Waals surface area contributed by atoms with Crippen LogP contribution in [0.3, 0.4) is 0 Å². The molecule has 1 atom stereocenters. The number of rotatable bonds is 69. The third kappa shape index (κ3) is 70.6. The molecule has 0 N–H and O–H groups in total. The molecule has 0 aromatic heterocycles. The third-order valence-electron chi connectivity index (χ3n) is 10.4. The molecule has 0 aromatic rings. The predicted octanol–water partition coefficient (Wildman–Crippen LogP) is -4.19. The van der Waals surface area contributed by atoms with Crippen molar-refractivity contribution in [2.45, 2.75) is 82.8 Å². The van der Waals surface area contributed by atoms with Crippen LogP contribution in [0.15, 0.2) is 0 Å². The first-order chi connectivity index (χ1) is 38.3. The SMILES string of the molecule is CCCCCCCCCCCCOCCOCCOCCOCCOCCOCCOCCOCCOCCOCCOCCOCCOCCOCCOCCOCCOCCOCCOC(=O)C(CC(=O)[O-])S(=O)(=O)[O-].[Na+].[Na+]. The van der Waals surface area contributed by atoms with E-state index in [2.05, 4.69) is 11.7 Å². The van der Waals surface area contributed by atoms with E-state index in [0.29, 0.717) is 211 Å². The molecular formula is C52H100Na2O25S. The number of esters is 1. The van der Waals surface area contributed by atoms with Gasteiger partial charge in [0.25, 0.3) is 0 Å². The van der Waals surface area contributed by atoms with E-state index in [1.807, 2.05) is 0 Å². The van der Waals surface area contributed by atoms with Gasteiger partial charge in [-0.3, -0.25) is 4.79 Å². The maximum absolute atomic E-state index is 11.6. The largest absolute Gasteiger partial charge is 1.00 e. The van der Waals surface area contributed by atoms with Crippen LogP contribution in [0.2, 0.25) is 0 Å². The summed E-state index contributed by atoms with van der Waals surface area (Å²) in [5.41, 5.74) is 0. The number of carbonyl (C=O) groups excluding carboxylic acids is 2. The summed E-state index contributed by atoms with van der Waals surface area (Å²) in [7, 11) is -5.20. The summed E-state index contributed by atoms with van der Waals surface area (Å²) < 4.78 is 136. The van der Waals surface area contributed by atoms with E-state index >= 15 is 0 Å². The van der Waals surface area contributed by atoms with E-state index in [-0.39, 0.29) is 85.5 Å². The second kappa shape index (κ2) is 71.6. The molecule has 80 heavy (non-hydrogen) atoms. The van der Waals surface area contributed by atoms with Crippen molar-refractivity contribution in [2.75, 3.05) is 244 Å². The monoisotopic (exact) mass is 1200 g/mol. The van der Waals surface area contributed by atoms with Crippen molar-refractivity contribution >= 4 is 22.1 Å². The maximum Gasteiger partial charge on any atom is 1.00 e. The Morgan fingerprint density at radius 1 is 0.300 bits per heavy atom. The fraction of sp³-hybridized carbons (Fsp3) is 0.962. The molecule has 0 bridgehead atoms. The molecule has 0 amide bonds. The number of carboxylic acids is 1. The fourth-order valence-electron chi connectivity index (χ4n) is 6.28. The summed E-state index contributed by atoms with van der Waals surface area (Å²) in [4.78, 5) is 22.2. The minimum absolute atomic E-state index is 0. The van der Waals surface area contributed by atoms with Gasteiger partial charge < -0.3 is 104 Å². The average Bonchev–Trinajstić information content (AvgIpc) is 3.42. The van der Waals surface area contributed by atoms with Gasteiger partial charge in [0.15, 0.2) is 5.25 Å². The number of carboxylic acid groups (broad SMARTS) is 1. The summed E-state index contributed by atoms with van der Waals surface area (Å²) in [5, 5.41) is 8.18. The Kier molecular flexibility index (Phi) is 75.5. The first kappa shape index (κ1) is 84.3. The van der Waals surface area contributed by atoms with Crippen molar-refractivity contribution in [3.8, 4) is 0 Å². The Morgan fingerprint density at radius 3 is 0.662 bits per heavy atom. The van der Waals surface area contributed by atoms with Crippen molar-refractivity contribution in [1.82, 2.24) is 0 Å². The van der Waals surface area contributed by atoms with E-state index in [1.54, 1.807) is 0 Å². The number of hydrogen-bond acceptors (Lipinski definition) is 25. The summed E-state index contributed by atoms with van der Waals surface area (Å²) in [5.74, 6) is -3.34. The molecule has 0 heterocycles. The van der Waals surface area contributed by atoms with Crippen molar-refractivity contribution < 1.29 is 177 Å². The van der Waals surface area contributed by atoms with Gasteiger partial charge in [0, 0.05) is 19.0 Å². The molecule has 28 heteroatoms. The van der Waals surface area contributed by atoms with Crippen molar-refractivity contribution in [3.63, 3.8) is 0 Å². The van der Waals surface area contributed by atoms with Gasteiger partial charge in [0.05, 0.1) is 231 Å². The van der Waals surface area contributed by atoms with Crippen LogP contribution >= 0.6 is 0 Å². The molecular weight excluding hydrogens is 1100 g/mol. The molecule has 0 spiro atoms. The van der Waals surface area contributed by atoms with E-state index in [9.17, 15) is 27.7 Å². The third-order valence-corrected chi connectivity index (χ3v) is 11.5. The molecule has 1 unspecified atom stereocenters. The number of carbonyl (C=O) groups is 2.